The zero-order valence-electron chi connectivity index (χ0n) is 14.2. The number of carbonyl (C=O) groups is 1. The molecule has 1 amide bonds. The minimum Gasteiger partial charge on any atom is -0.383 e. The van der Waals surface area contributed by atoms with Crippen molar-refractivity contribution in [1.82, 2.24) is 4.90 Å². The van der Waals surface area contributed by atoms with Gasteiger partial charge in [0.25, 0.3) is 5.91 Å². The summed E-state index contributed by atoms with van der Waals surface area (Å²) in [5.74, 6) is 0.00584. The highest BCUT2D eigenvalue weighted by molar-refractivity contribution is 6.00. The third kappa shape index (κ3) is 2.01. The van der Waals surface area contributed by atoms with Gasteiger partial charge in [0.1, 0.15) is 5.60 Å². The van der Waals surface area contributed by atoms with Gasteiger partial charge in [-0.25, -0.2) is 0 Å². The van der Waals surface area contributed by atoms with Crippen molar-refractivity contribution in [2.24, 2.45) is 0 Å². The normalized spacial score (nSPS) is 26.7. The first-order valence-corrected chi connectivity index (χ1v) is 8.94. The van der Waals surface area contributed by atoms with Crippen molar-refractivity contribution in [3.63, 3.8) is 0 Å². The van der Waals surface area contributed by atoms with Gasteiger partial charge in [-0.1, -0.05) is 78.9 Å². The van der Waals surface area contributed by atoms with Gasteiger partial charge >= 0.3 is 0 Å². The second kappa shape index (κ2) is 5.55. The molecule has 0 spiro atoms. The topological polar surface area (TPSA) is 40.5 Å². The highest BCUT2D eigenvalue weighted by atomic mass is 16.3. The van der Waals surface area contributed by atoms with Gasteiger partial charge in [-0.2, -0.15) is 0 Å². The van der Waals surface area contributed by atoms with Gasteiger partial charge in [-0.05, 0) is 22.8 Å². The maximum atomic E-state index is 13.2. The highest BCUT2D eigenvalue weighted by Gasteiger charge is 2.58. The number of rotatable bonds is 2. The van der Waals surface area contributed by atoms with Crippen molar-refractivity contribution in [1.29, 1.82) is 0 Å². The molecule has 3 atom stereocenters. The van der Waals surface area contributed by atoms with Crippen LogP contribution in [0.25, 0.3) is 0 Å². The molecular weight excluding hydrogens is 322 g/mol. The minimum absolute atomic E-state index is 0.00584. The van der Waals surface area contributed by atoms with E-state index in [1.54, 1.807) is 0 Å². The zero-order chi connectivity index (χ0) is 17.7. The highest BCUT2D eigenvalue weighted by Crippen LogP contribution is 2.58. The Labute approximate surface area is 152 Å². The monoisotopic (exact) mass is 341 g/mol. The van der Waals surface area contributed by atoms with Crippen LogP contribution >= 0.6 is 0 Å². The molecule has 2 heterocycles. The van der Waals surface area contributed by atoms with E-state index in [-0.39, 0.29) is 11.9 Å². The van der Waals surface area contributed by atoms with E-state index in [0.717, 1.165) is 22.3 Å². The Kier molecular flexibility index (Phi) is 3.28. The molecule has 0 bridgehead atoms. The van der Waals surface area contributed by atoms with E-state index in [1.165, 1.54) is 0 Å². The molecule has 3 nitrogen and oxygen atoms in total. The van der Waals surface area contributed by atoms with Crippen molar-refractivity contribution in [2.45, 2.75) is 24.1 Å². The Balaban J connectivity index is 1.71. The summed E-state index contributed by atoms with van der Waals surface area (Å²) in [5, 5.41) is 11.8. The Morgan fingerprint density at radius 3 is 2.19 bits per heavy atom. The number of aliphatic hydroxyl groups is 1. The number of fused-ring (bicyclic) bond motifs is 3. The zero-order valence-corrected chi connectivity index (χ0v) is 14.2. The molecule has 5 rings (SSSR count). The number of amides is 1. The number of carbonyl (C=O) groups excluding carboxylic acids is 1. The summed E-state index contributed by atoms with van der Waals surface area (Å²) in [4.78, 5) is 15.1. The van der Waals surface area contributed by atoms with Gasteiger partial charge in [0.05, 0.1) is 12.1 Å². The smallest absolute Gasteiger partial charge is 0.255 e. The summed E-state index contributed by atoms with van der Waals surface area (Å²) in [6, 6.07) is 26.9. The fourth-order valence-electron chi connectivity index (χ4n) is 4.63. The molecule has 0 aromatic heterocycles. The van der Waals surface area contributed by atoms with Crippen molar-refractivity contribution in [2.75, 3.05) is 0 Å². The van der Waals surface area contributed by atoms with Crippen LogP contribution in [0.1, 0.15) is 45.6 Å². The largest absolute Gasteiger partial charge is 0.383 e. The lowest BCUT2D eigenvalue weighted by Crippen LogP contribution is -2.37. The molecule has 1 N–H and O–H groups in total. The third-order valence-electron chi connectivity index (χ3n) is 5.74. The van der Waals surface area contributed by atoms with Crippen molar-refractivity contribution >= 4 is 5.91 Å². The van der Waals surface area contributed by atoms with Crippen molar-refractivity contribution < 1.29 is 9.90 Å². The van der Waals surface area contributed by atoms with Crippen LogP contribution in [0.5, 0.6) is 0 Å². The molecule has 0 radical (unpaired) electrons. The van der Waals surface area contributed by atoms with E-state index in [9.17, 15) is 9.90 Å². The summed E-state index contributed by atoms with van der Waals surface area (Å²) < 4.78 is 0. The minimum atomic E-state index is -1.11. The van der Waals surface area contributed by atoms with Gasteiger partial charge in [-0.15, -0.1) is 0 Å². The van der Waals surface area contributed by atoms with Crippen LogP contribution < -0.4 is 0 Å². The molecule has 26 heavy (non-hydrogen) atoms. The van der Waals surface area contributed by atoms with Crippen LogP contribution in [0.15, 0.2) is 84.9 Å². The molecule has 0 aliphatic carbocycles. The van der Waals surface area contributed by atoms with E-state index in [2.05, 4.69) is 0 Å². The van der Waals surface area contributed by atoms with Crippen LogP contribution in [0.4, 0.5) is 0 Å². The summed E-state index contributed by atoms with van der Waals surface area (Å²) in [5.41, 5.74) is 2.48. The summed E-state index contributed by atoms with van der Waals surface area (Å²) in [6.07, 6.45) is 0.499. The Morgan fingerprint density at radius 2 is 1.46 bits per heavy atom. The van der Waals surface area contributed by atoms with Crippen LogP contribution in [-0.4, -0.2) is 15.9 Å². The molecule has 128 valence electrons. The van der Waals surface area contributed by atoms with Gasteiger partial charge in [0.15, 0.2) is 0 Å². The predicted molar refractivity (Wildman–Crippen MR) is 99.5 cm³/mol. The molecule has 0 unspecified atom stereocenters. The molecule has 2 aliphatic rings. The lowest BCUT2D eigenvalue weighted by Gasteiger charge is -2.34. The molecule has 1 fully saturated rings. The maximum Gasteiger partial charge on any atom is 0.255 e. The van der Waals surface area contributed by atoms with Gasteiger partial charge in [0.2, 0.25) is 0 Å². The summed E-state index contributed by atoms with van der Waals surface area (Å²) in [7, 11) is 0. The molecule has 1 saturated heterocycles. The Hall–Kier alpha value is -2.91. The molecule has 3 aromatic carbocycles. The van der Waals surface area contributed by atoms with Gasteiger partial charge in [0, 0.05) is 12.0 Å². The summed E-state index contributed by atoms with van der Waals surface area (Å²) in [6.45, 7) is 0. The number of benzene rings is 3. The molecule has 3 heteroatoms. The van der Waals surface area contributed by atoms with Crippen LogP contribution in [0.2, 0.25) is 0 Å². The van der Waals surface area contributed by atoms with Crippen molar-refractivity contribution in [3.05, 3.63) is 107 Å². The molecular formula is C23H19NO2. The Bertz CT molecular complexity index is 970. The average molecular weight is 341 g/mol. The molecule has 2 aliphatic heterocycles. The second-order valence-corrected chi connectivity index (χ2v) is 7.12. The van der Waals surface area contributed by atoms with E-state index in [0.29, 0.717) is 6.42 Å². The average Bonchev–Trinajstić information content (AvgIpc) is 3.16. The standard InChI is InChI=1S/C23H19NO2/c25-22-19-14-8-7-13-18(19)20-15-23(26,17-11-5-2-6-12-17)21(24(20)22)16-9-3-1-4-10-16/h1-14,20-21,26H,15H2/t20-,21+,23-/m1/s1. The first-order chi connectivity index (χ1) is 12.7. The quantitative estimate of drug-likeness (QED) is 0.758. The Morgan fingerprint density at radius 1 is 0.846 bits per heavy atom. The molecule has 3 aromatic rings. The number of hydrogen-bond acceptors (Lipinski definition) is 2. The predicted octanol–water partition coefficient (Wildman–Crippen LogP) is 4.22. The third-order valence-corrected chi connectivity index (χ3v) is 5.74. The van der Waals surface area contributed by atoms with Gasteiger partial charge in [-0.3, -0.25) is 4.79 Å². The number of hydrogen-bond donors (Lipinski definition) is 1. The first kappa shape index (κ1) is 15.4. The fourth-order valence-corrected chi connectivity index (χ4v) is 4.63. The van der Waals surface area contributed by atoms with Crippen molar-refractivity contribution in [3.8, 4) is 0 Å². The maximum absolute atomic E-state index is 13.2. The lowest BCUT2D eigenvalue weighted by atomic mass is 9.81. The molecule has 0 saturated carbocycles. The first-order valence-electron chi connectivity index (χ1n) is 8.94. The van der Waals surface area contributed by atoms with Crippen LogP contribution in [0.3, 0.4) is 0 Å². The lowest BCUT2D eigenvalue weighted by molar-refractivity contribution is -0.000681. The second-order valence-electron chi connectivity index (χ2n) is 7.12. The summed E-state index contributed by atoms with van der Waals surface area (Å²) >= 11 is 0. The van der Waals surface area contributed by atoms with E-state index in [1.807, 2.05) is 89.8 Å². The van der Waals surface area contributed by atoms with Crippen LogP contribution in [-0.2, 0) is 5.60 Å². The van der Waals surface area contributed by atoms with Crippen LogP contribution in [0, 0.1) is 0 Å². The number of nitrogens with zero attached hydrogens (tertiary/aromatic N) is 1. The van der Waals surface area contributed by atoms with E-state index in [4.69, 9.17) is 0 Å². The SMILES string of the molecule is O=C1c2ccccc2[C@H]2C[C@@](O)(c3ccccc3)[C@H](c3ccccc3)N12. The van der Waals surface area contributed by atoms with E-state index < -0.39 is 11.6 Å². The fraction of sp³-hybridized carbons (Fsp3) is 0.174. The van der Waals surface area contributed by atoms with E-state index >= 15 is 0 Å². The van der Waals surface area contributed by atoms with Gasteiger partial charge < -0.3 is 10.0 Å².